The molecule has 0 unspecified atom stereocenters. The molecule has 9 nitrogen and oxygen atoms in total. The van der Waals surface area contributed by atoms with Gasteiger partial charge in [-0.3, -0.25) is 10.1 Å². The first kappa shape index (κ1) is 21.9. The van der Waals surface area contributed by atoms with Gasteiger partial charge in [-0.05, 0) is 65.6 Å². The topological polar surface area (TPSA) is 129 Å². The predicted octanol–water partition coefficient (Wildman–Crippen LogP) is 4.67. The van der Waals surface area contributed by atoms with Crippen molar-refractivity contribution in [1.82, 2.24) is 9.97 Å². The summed E-state index contributed by atoms with van der Waals surface area (Å²) in [6.07, 6.45) is 3.68. The summed E-state index contributed by atoms with van der Waals surface area (Å²) in [6.45, 7) is 1.63. The summed E-state index contributed by atoms with van der Waals surface area (Å²) in [7, 11) is 0. The molecule has 0 bridgehead atoms. The van der Waals surface area contributed by atoms with E-state index in [1.807, 2.05) is 12.1 Å². The van der Waals surface area contributed by atoms with Gasteiger partial charge in [0.2, 0.25) is 5.89 Å². The molecule has 0 saturated heterocycles. The first-order valence-electron chi connectivity index (χ1n) is 10.6. The molecule has 3 aromatic carbocycles. The molecule has 0 aliphatic carbocycles. The second-order valence-electron chi connectivity index (χ2n) is 7.92. The highest BCUT2D eigenvalue weighted by atomic mass is 16.6. The Hall–Kier alpha value is -4.92. The summed E-state index contributed by atoms with van der Waals surface area (Å²) >= 11 is 0. The average Bonchev–Trinajstić information content (AvgIpc) is 2.84. The second-order valence-corrected chi connectivity index (χ2v) is 7.92. The zero-order chi connectivity index (χ0) is 24.5. The summed E-state index contributed by atoms with van der Waals surface area (Å²) in [5.74, 6) is 0.434. The number of aryl methyl sites for hydroxylation is 1. The van der Waals surface area contributed by atoms with Crippen LogP contribution in [0, 0.1) is 17.0 Å². The van der Waals surface area contributed by atoms with Gasteiger partial charge in [0.15, 0.2) is 5.89 Å². The van der Waals surface area contributed by atoms with Crippen LogP contribution in [0.4, 0.5) is 5.69 Å². The molecule has 0 saturated carbocycles. The molecule has 0 N–H and O–H groups in total. The molecule has 35 heavy (non-hydrogen) atoms. The van der Waals surface area contributed by atoms with Gasteiger partial charge >= 0.3 is 11.3 Å². The zero-order valence-corrected chi connectivity index (χ0v) is 18.4. The molecule has 0 atom stereocenters. The molecule has 9 heteroatoms. The lowest BCUT2D eigenvalue weighted by Crippen LogP contribution is -2.05. The van der Waals surface area contributed by atoms with Crippen LogP contribution in [0.3, 0.4) is 0 Å². The first-order chi connectivity index (χ1) is 16.9. The molecule has 2 heterocycles. The third kappa shape index (κ3) is 4.60. The second kappa shape index (κ2) is 8.79. The van der Waals surface area contributed by atoms with Crippen molar-refractivity contribution in [2.24, 2.45) is 0 Å². The van der Waals surface area contributed by atoms with Crippen molar-refractivity contribution in [3.8, 4) is 0 Å². The van der Waals surface area contributed by atoms with Crippen LogP contribution in [0.5, 0.6) is 0 Å². The van der Waals surface area contributed by atoms with E-state index in [1.165, 1.54) is 18.2 Å². The molecule has 0 aliphatic rings. The van der Waals surface area contributed by atoms with Crippen LogP contribution in [-0.2, 0) is 6.42 Å². The SMILES string of the molecule is Cc1nc2ccc(Cc3ccc4nc(/C=C/c5ccc([N+](=O)[O-])cc5)oc(=O)c4c3)cc2c(=O)o1. The maximum atomic E-state index is 12.6. The van der Waals surface area contributed by atoms with Crippen molar-refractivity contribution in [2.45, 2.75) is 13.3 Å². The molecule has 0 fully saturated rings. The minimum absolute atomic E-state index is 0.00719. The van der Waals surface area contributed by atoms with E-state index >= 15 is 0 Å². The zero-order valence-electron chi connectivity index (χ0n) is 18.4. The van der Waals surface area contributed by atoms with Gasteiger partial charge in [0.05, 0.1) is 26.7 Å². The van der Waals surface area contributed by atoms with E-state index in [9.17, 15) is 19.7 Å². The van der Waals surface area contributed by atoms with Gasteiger partial charge < -0.3 is 8.83 Å². The third-order valence-electron chi connectivity index (χ3n) is 5.44. The highest BCUT2D eigenvalue weighted by Crippen LogP contribution is 2.19. The Morgan fingerprint density at radius 2 is 1.43 bits per heavy atom. The van der Waals surface area contributed by atoms with Crippen LogP contribution >= 0.6 is 0 Å². The monoisotopic (exact) mass is 467 g/mol. The third-order valence-corrected chi connectivity index (χ3v) is 5.44. The summed E-state index contributed by atoms with van der Waals surface area (Å²) < 4.78 is 10.4. The molecule has 2 aromatic heterocycles. The fourth-order valence-corrected chi connectivity index (χ4v) is 3.76. The van der Waals surface area contributed by atoms with Crippen molar-refractivity contribution < 1.29 is 13.8 Å². The van der Waals surface area contributed by atoms with Gasteiger partial charge in [-0.1, -0.05) is 12.1 Å². The van der Waals surface area contributed by atoms with Crippen molar-refractivity contribution in [3.63, 3.8) is 0 Å². The Labute approximate surface area is 197 Å². The lowest BCUT2D eigenvalue weighted by atomic mass is 10.0. The van der Waals surface area contributed by atoms with Crippen LogP contribution in [0.1, 0.15) is 28.5 Å². The standard InChI is InChI=1S/C26H17N3O6/c1-15-27-22-9-4-17(13-20(22)25(30)34-15)12-18-5-10-23-21(14-18)26(31)35-24(28-23)11-6-16-2-7-19(8-3-16)29(32)33/h2-11,13-14H,12H2,1H3/b11-6+. The van der Waals surface area contributed by atoms with E-state index in [1.54, 1.807) is 49.4 Å². The van der Waals surface area contributed by atoms with Gasteiger partial charge in [-0.2, -0.15) is 0 Å². The minimum Gasteiger partial charge on any atom is -0.408 e. The molecular weight excluding hydrogens is 450 g/mol. The van der Waals surface area contributed by atoms with Crippen LogP contribution in [-0.4, -0.2) is 14.9 Å². The normalized spacial score (nSPS) is 11.5. The van der Waals surface area contributed by atoms with E-state index in [-0.39, 0.29) is 11.6 Å². The van der Waals surface area contributed by atoms with Gasteiger partial charge in [0.1, 0.15) is 0 Å². The molecule has 0 radical (unpaired) electrons. The Bertz CT molecular complexity index is 1750. The minimum atomic E-state index is -0.529. The average molecular weight is 467 g/mol. The Kier molecular flexibility index (Phi) is 5.50. The van der Waals surface area contributed by atoms with Crippen LogP contribution < -0.4 is 11.3 Å². The molecule has 5 aromatic rings. The maximum absolute atomic E-state index is 12.6. The van der Waals surface area contributed by atoms with Gasteiger partial charge in [-0.15, -0.1) is 0 Å². The van der Waals surface area contributed by atoms with Crippen LogP contribution in [0.2, 0.25) is 0 Å². The number of non-ortho nitro benzene ring substituents is 1. The van der Waals surface area contributed by atoms with E-state index in [0.29, 0.717) is 39.7 Å². The predicted molar refractivity (Wildman–Crippen MR) is 130 cm³/mol. The molecular formula is C26H17N3O6. The lowest BCUT2D eigenvalue weighted by molar-refractivity contribution is -0.384. The summed E-state index contributed by atoms with van der Waals surface area (Å²) in [5.41, 5.74) is 2.50. The maximum Gasteiger partial charge on any atom is 0.347 e. The van der Waals surface area contributed by atoms with Crippen molar-refractivity contribution in [1.29, 1.82) is 0 Å². The van der Waals surface area contributed by atoms with Gasteiger partial charge in [0.25, 0.3) is 5.69 Å². The Morgan fingerprint density at radius 3 is 2.06 bits per heavy atom. The largest absolute Gasteiger partial charge is 0.408 e. The number of benzene rings is 3. The number of hydrogen-bond acceptors (Lipinski definition) is 8. The highest BCUT2D eigenvalue weighted by molar-refractivity contribution is 5.80. The number of nitro groups is 1. The van der Waals surface area contributed by atoms with Gasteiger partial charge in [0, 0.05) is 25.1 Å². The summed E-state index contributed by atoms with van der Waals surface area (Å²) in [6, 6.07) is 16.7. The number of aromatic nitrogens is 2. The van der Waals surface area contributed by atoms with Crippen LogP contribution in [0.15, 0.2) is 79.1 Å². The Morgan fingerprint density at radius 1 is 0.829 bits per heavy atom. The van der Waals surface area contributed by atoms with Crippen LogP contribution in [0.25, 0.3) is 34.0 Å². The van der Waals surface area contributed by atoms with E-state index in [2.05, 4.69) is 9.97 Å². The van der Waals surface area contributed by atoms with E-state index in [4.69, 9.17) is 8.83 Å². The Balaban J connectivity index is 1.41. The number of nitrogens with zero attached hydrogens (tertiary/aromatic N) is 3. The van der Waals surface area contributed by atoms with E-state index in [0.717, 1.165) is 11.1 Å². The molecule has 172 valence electrons. The number of hydrogen-bond donors (Lipinski definition) is 0. The lowest BCUT2D eigenvalue weighted by Gasteiger charge is -2.05. The number of nitro benzene ring substituents is 1. The summed E-state index contributed by atoms with van der Waals surface area (Å²) in [5, 5.41) is 11.5. The number of fused-ring (bicyclic) bond motifs is 2. The molecule has 5 rings (SSSR count). The van der Waals surface area contributed by atoms with Gasteiger partial charge in [-0.25, -0.2) is 19.6 Å². The molecule has 0 aliphatic heterocycles. The summed E-state index contributed by atoms with van der Waals surface area (Å²) in [4.78, 5) is 43.7. The first-order valence-corrected chi connectivity index (χ1v) is 10.6. The molecule has 0 amide bonds. The van der Waals surface area contributed by atoms with Crippen molar-refractivity contribution in [2.75, 3.05) is 0 Å². The fourth-order valence-electron chi connectivity index (χ4n) is 3.76. The van der Waals surface area contributed by atoms with Crippen molar-refractivity contribution in [3.05, 3.63) is 120 Å². The fraction of sp³-hybridized carbons (Fsp3) is 0.0769. The molecule has 0 spiro atoms. The smallest absolute Gasteiger partial charge is 0.347 e. The quantitative estimate of drug-likeness (QED) is 0.269. The number of rotatable bonds is 5. The highest BCUT2D eigenvalue weighted by Gasteiger charge is 2.09. The van der Waals surface area contributed by atoms with Crippen molar-refractivity contribution >= 4 is 39.6 Å². The van der Waals surface area contributed by atoms with E-state index < -0.39 is 16.2 Å².